The number of likely N-dealkylation sites (N-methyl/N-ethyl adjacent to an activating group) is 1. The van der Waals surface area contributed by atoms with Crippen molar-refractivity contribution in [1.82, 2.24) is 4.90 Å². The van der Waals surface area contributed by atoms with Gasteiger partial charge in [0.2, 0.25) is 0 Å². The third-order valence-electron chi connectivity index (χ3n) is 2.80. The molecule has 0 bridgehead atoms. The van der Waals surface area contributed by atoms with E-state index < -0.39 is 0 Å². The van der Waals surface area contributed by atoms with Gasteiger partial charge in [-0.15, -0.1) is 11.3 Å². The number of hydrogen-bond acceptors (Lipinski definition) is 4. The highest BCUT2D eigenvalue weighted by molar-refractivity contribution is 7.16. The minimum Gasteiger partial charge on any atom is -0.484 e. The van der Waals surface area contributed by atoms with Crippen molar-refractivity contribution in [3.8, 4) is 5.75 Å². The molecule has 0 fully saturated rings. The second-order valence-corrected chi connectivity index (χ2v) is 6.23. The molecule has 4 nitrogen and oxygen atoms in total. The number of benzene rings is 1. The average molecular weight is 324 g/mol. The minimum atomic E-state index is -0.143. The third-order valence-corrected chi connectivity index (χ3v) is 4.02. The van der Waals surface area contributed by atoms with Crippen molar-refractivity contribution in [2.45, 2.75) is 6.54 Å². The highest BCUT2D eigenvalue weighted by Gasteiger charge is 2.11. The predicted molar refractivity (Wildman–Crippen MR) is 83.1 cm³/mol. The molecule has 0 radical (unpaired) electrons. The molecule has 1 heterocycles. The SMILES string of the molecule is CN(Cc1ccc(Cl)s1)C(=O)COc1cccc(C=O)c1. The van der Waals surface area contributed by atoms with Crippen molar-refractivity contribution in [1.29, 1.82) is 0 Å². The Morgan fingerprint density at radius 2 is 2.19 bits per heavy atom. The fraction of sp³-hybridized carbons (Fsp3) is 0.200. The summed E-state index contributed by atoms with van der Waals surface area (Å²) < 4.78 is 6.10. The lowest BCUT2D eigenvalue weighted by Gasteiger charge is -2.16. The number of hydrogen-bond donors (Lipinski definition) is 0. The summed E-state index contributed by atoms with van der Waals surface area (Å²) in [6, 6.07) is 10.4. The molecule has 21 heavy (non-hydrogen) atoms. The summed E-state index contributed by atoms with van der Waals surface area (Å²) in [4.78, 5) is 25.2. The summed E-state index contributed by atoms with van der Waals surface area (Å²) in [6.07, 6.45) is 0.737. The van der Waals surface area contributed by atoms with Gasteiger partial charge in [-0.3, -0.25) is 9.59 Å². The molecule has 0 aliphatic heterocycles. The number of thiophene rings is 1. The first-order chi connectivity index (χ1) is 10.1. The summed E-state index contributed by atoms with van der Waals surface area (Å²) in [7, 11) is 1.71. The van der Waals surface area contributed by atoms with Gasteiger partial charge in [0, 0.05) is 17.5 Å². The van der Waals surface area contributed by atoms with Gasteiger partial charge in [0.15, 0.2) is 6.61 Å². The van der Waals surface area contributed by atoms with E-state index in [1.165, 1.54) is 11.3 Å². The van der Waals surface area contributed by atoms with Crippen molar-refractivity contribution in [3.05, 3.63) is 51.2 Å². The van der Waals surface area contributed by atoms with Gasteiger partial charge in [0.1, 0.15) is 12.0 Å². The van der Waals surface area contributed by atoms with Crippen molar-refractivity contribution in [3.63, 3.8) is 0 Å². The van der Waals surface area contributed by atoms with Crippen LogP contribution in [0.3, 0.4) is 0 Å². The summed E-state index contributed by atoms with van der Waals surface area (Å²) in [5.74, 6) is 0.358. The maximum atomic E-state index is 12.0. The zero-order valence-electron chi connectivity index (χ0n) is 11.4. The van der Waals surface area contributed by atoms with Crippen LogP contribution in [-0.4, -0.2) is 30.7 Å². The van der Waals surface area contributed by atoms with Crippen LogP contribution in [0.15, 0.2) is 36.4 Å². The molecule has 1 amide bonds. The fourth-order valence-electron chi connectivity index (χ4n) is 1.69. The quantitative estimate of drug-likeness (QED) is 0.767. The molecule has 0 aliphatic carbocycles. The van der Waals surface area contributed by atoms with E-state index in [2.05, 4.69) is 0 Å². The first-order valence-electron chi connectivity index (χ1n) is 6.24. The van der Waals surface area contributed by atoms with Gasteiger partial charge < -0.3 is 9.64 Å². The molecule has 2 rings (SSSR count). The van der Waals surface area contributed by atoms with E-state index in [4.69, 9.17) is 16.3 Å². The summed E-state index contributed by atoms with van der Waals surface area (Å²) >= 11 is 7.30. The molecule has 6 heteroatoms. The second-order valence-electron chi connectivity index (χ2n) is 4.43. The number of carbonyl (C=O) groups is 2. The van der Waals surface area contributed by atoms with Gasteiger partial charge in [0.25, 0.3) is 5.91 Å². The second kappa shape index (κ2) is 7.24. The molecular weight excluding hydrogens is 310 g/mol. The molecule has 0 atom stereocenters. The topological polar surface area (TPSA) is 46.6 Å². The van der Waals surface area contributed by atoms with E-state index >= 15 is 0 Å². The van der Waals surface area contributed by atoms with Crippen molar-refractivity contribution < 1.29 is 14.3 Å². The zero-order valence-corrected chi connectivity index (χ0v) is 13.0. The molecule has 0 saturated carbocycles. The van der Waals surface area contributed by atoms with Gasteiger partial charge in [-0.05, 0) is 24.3 Å². The molecule has 1 aromatic carbocycles. The van der Waals surface area contributed by atoms with Gasteiger partial charge in [-0.25, -0.2) is 0 Å². The van der Waals surface area contributed by atoms with Crippen LogP contribution in [0.2, 0.25) is 4.34 Å². The summed E-state index contributed by atoms with van der Waals surface area (Å²) in [6.45, 7) is 0.422. The molecule has 0 spiro atoms. The Balaban J connectivity index is 1.87. The van der Waals surface area contributed by atoms with Crippen LogP contribution >= 0.6 is 22.9 Å². The highest BCUT2D eigenvalue weighted by Crippen LogP contribution is 2.22. The molecule has 0 unspecified atom stereocenters. The van der Waals surface area contributed by atoms with E-state index in [1.807, 2.05) is 6.07 Å². The predicted octanol–water partition coefficient (Wildman–Crippen LogP) is 3.25. The Bertz CT molecular complexity index is 641. The summed E-state index contributed by atoms with van der Waals surface area (Å²) in [5, 5.41) is 0. The van der Waals surface area contributed by atoms with Gasteiger partial charge in [-0.2, -0.15) is 0 Å². The fourth-order valence-corrected chi connectivity index (χ4v) is 2.83. The van der Waals surface area contributed by atoms with Crippen LogP contribution in [0.4, 0.5) is 0 Å². The summed E-state index contributed by atoms with van der Waals surface area (Å²) in [5.41, 5.74) is 0.515. The van der Waals surface area contributed by atoms with E-state index in [1.54, 1.807) is 42.3 Å². The van der Waals surface area contributed by atoms with Crippen LogP contribution in [0.5, 0.6) is 5.75 Å². The van der Waals surface area contributed by atoms with Crippen LogP contribution in [-0.2, 0) is 11.3 Å². The van der Waals surface area contributed by atoms with E-state index in [9.17, 15) is 9.59 Å². The molecule has 0 saturated heterocycles. The highest BCUT2D eigenvalue weighted by atomic mass is 35.5. The number of halogens is 1. The molecule has 0 aliphatic rings. The zero-order chi connectivity index (χ0) is 15.2. The average Bonchev–Trinajstić information content (AvgIpc) is 2.90. The maximum Gasteiger partial charge on any atom is 0.260 e. The standard InChI is InChI=1S/C15H14ClNO3S/c1-17(8-13-5-6-14(16)21-13)15(19)10-20-12-4-2-3-11(7-12)9-18/h2-7,9H,8,10H2,1H3. The third kappa shape index (κ3) is 4.58. The normalized spacial score (nSPS) is 10.2. The van der Waals surface area contributed by atoms with E-state index in [0.29, 0.717) is 22.2 Å². The smallest absolute Gasteiger partial charge is 0.260 e. The van der Waals surface area contributed by atoms with E-state index in [-0.39, 0.29) is 12.5 Å². The molecular formula is C15H14ClNO3S. The van der Waals surface area contributed by atoms with Crippen molar-refractivity contribution >= 4 is 35.1 Å². The lowest BCUT2D eigenvalue weighted by molar-refractivity contribution is -0.132. The Labute approximate surface area is 131 Å². The lowest BCUT2D eigenvalue weighted by Crippen LogP contribution is -2.30. The first kappa shape index (κ1) is 15.5. The van der Waals surface area contributed by atoms with Crippen LogP contribution in [0.1, 0.15) is 15.2 Å². The Hall–Kier alpha value is -1.85. The van der Waals surface area contributed by atoms with Gasteiger partial charge >= 0.3 is 0 Å². The van der Waals surface area contributed by atoms with Gasteiger partial charge in [-0.1, -0.05) is 23.7 Å². The minimum absolute atomic E-state index is 0.0715. The van der Waals surface area contributed by atoms with Crippen LogP contribution < -0.4 is 4.74 Å². The monoisotopic (exact) mass is 323 g/mol. The van der Waals surface area contributed by atoms with E-state index in [0.717, 1.165) is 11.2 Å². The molecule has 1 aromatic heterocycles. The number of amides is 1. The van der Waals surface area contributed by atoms with Crippen LogP contribution in [0, 0.1) is 0 Å². The number of nitrogens with zero attached hydrogens (tertiary/aromatic N) is 1. The van der Waals surface area contributed by atoms with Crippen LogP contribution in [0.25, 0.3) is 0 Å². The first-order valence-corrected chi connectivity index (χ1v) is 7.44. The lowest BCUT2D eigenvalue weighted by atomic mass is 10.2. The number of aldehydes is 1. The molecule has 0 N–H and O–H groups in total. The maximum absolute atomic E-state index is 12.0. The molecule has 2 aromatic rings. The number of rotatable bonds is 6. The largest absolute Gasteiger partial charge is 0.484 e. The van der Waals surface area contributed by atoms with Crippen molar-refractivity contribution in [2.75, 3.05) is 13.7 Å². The Morgan fingerprint density at radius 1 is 1.38 bits per heavy atom. The Kier molecular flexibility index (Phi) is 5.36. The Morgan fingerprint density at radius 3 is 2.86 bits per heavy atom. The van der Waals surface area contributed by atoms with Crippen molar-refractivity contribution in [2.24, 2.45) is 0 Å². The number of ether oxygens (including phenoxy) is 1. The molecule has 110 valence electrons. The van der Waals surface area contributed by atoms with Gasteiger partial charge in [0.05, 0.1) is 10.9 Å². The number of carbonyl (C=O) groups excluding carboxylic acids is 2.